The Labute approximate surface area is 88.5 Å². The number of alkyl halides is 2. The molecule has 84 valence electrons. The Hall–Kier alpha value is -1.00. The molecule has 0 radical (unpaired) electrons. The Morgan fingerprint density at radius 1 is 1.20 bits per heavy atom. The van der Waals surface area contributed by atoms with E-state index in [0.717, 1.165) is 18.5 Å². The molecule has 1 aromatic carbocycles. The van der Waals surface area contributed by atoms with Crippen molar-refractivity contribution in [2.24, 2.45) is 5.73 Å². The molecule has 0 fully saturated rings. The van der Waals surface area contributed by atoms with Crippen LogP contribution in [0.25, 0.3) is 0 Å². The van der Waals surface area contributed by atoms with E-state index in [0.29, 0.717) is 13.1 Å². The van der Waals surface area contributed by atoms with E-state index in [1.54, 1.807) is 12.1 Å². The van der Waals surface area contributed by atoms with Gasteiger partial charge in [0.2, 0.25) is 0 Å². The molecule has 0 aromatic heterocycles. The molecule has 0 aliphatic rings. The highest BCUT2D eigenvalue weighted by Crippen LogP contribution is 2.18. The Bertz CT molecular complexity index is 272. The molecule has 1 aromatic rings. The predicted octanol–water partition coefficient (Wildman–Crippen LogP) is 2.06. The van der Waals surface area contributed by atoms with Crippen molar-refractivity contribution in [1.82, 2.24) is 5.32 Å². The molecule has 0 heterocycles. The molecule has 0 aliphatic carbocycles. The molecule has 0 saturated carbocycles. The number of hydrogen-bond donors (Lipinski definition) is 2. The summed E-state index contributed by atoms with van der Waals surface area (Å²) in [5, 5.41) is 3.18. The molecular weight excluding hydrogens is 198 g/mol. The fourth-order valence-electron chi connectivity index (χ4n) is 1.24. The van der Waals surface area contributed by atoms with Gasteiger partial charge in [-0.2, -0.15) is 0 Å². The molecule has 0 amide bonds. The maximum absolute atomic E-state index is 12.2. The van der Waals surface area contributed by atoms with Gasteiger partial charge in [0.05, 0.1) is 0 Å². The quantitative estimate of drug-likeness (QED) is 0.711. The van der Waals surface area contributed by atoms with Crippen LogP contribution in [0.4, 0.5) is 8.78 Å². The van der Waals surface area contributed by atoms with Crippen LogP contribution < -0.4 is 11.1 Å². The van der Waals surface area contributed by atoms with Crippen LogP contribution in [0, 0.1) is 0 Å². The summed E-state index contributed by atoms with van der Waals surface area (Å²) in [6.45, 7) is 2.22. The molecule has 2 nitrogen and oxygen atoms in total. The number of halogens is 2. The monoisotopic (exact) mass is 214 g/mol. The van der Waals surface area contributed by atoms with Crippen LogP contribution in [-0.2, 0) is 6.54 Å². The molecule has 0 aliphatic heterocycles. The summed E-state index contributed by atoms with van der Waals surface area (Å²) < 4.78 is 24.4. The maximum atomic E-state index is 12.2. The van der Waals surface area contributed by atoms with Crippen molar-refractivity contribution in [3.63, 3.8) is 0 Å². The van der Waals surface area contributed by atoms with E-state index in [1.165, 1.54) is 12.1 Å². The molecule has 0 bridgehead atoms. The van der Waals surface area contributed by atoms with Crippen LogP contribution in [0.3, 0.4) is 0 Å². The van der Waals surface area contributed by atoms with E-state index in [4.69, 9.17) is 5.73 Å². The standard InChI is InChI=1S/C11H16F2N2/c12-11(13)10-4-2-9(3-5-10)8-15-7-1-6-14/h2-5,11,15H,1,6-8,14H2. The van der Waals surface area contributed by atoms with Crippen LogP contribution >= 0.6 is 0 Å². The average Bonchev–Trinajstić information content (AvgIpc) is 2.25. The van der Waals surface area contributed by atoms with Gasteiger partial charge in [-0.1, -0.05) is 24.3 Å². The van der Waals surface area contributed by atoms with Crippen LogP contribution in [-0.4, -0.2) is 13.1 Å². The lowest BCUT2D eigenvalue weighted by Gasteiger charge is -2.05. The van der Waals surface area contributed by atoms with Gasteiger partial charge in [-0.25, -0.2) is 8.78 Å². The fourth-order valence-corrected chi connectivity index (χ4v) is 1.24. The molecular formula is C11H16F2N2. The van der Waals surface area contributed by atoms with E-state index in [2.05, 4.69) is 5.32 Å². The lowest BCUT2D eigenvalue weighted by molar-refractivity contribution is 0.151. The number of nitrogens with two attached hydrogens (primary N) is 1. The van der Waals surface area contributed by atoms with Crippen molar-refractivity contribution in [3.8, 4) is 0 Å². The third-order valence-corrected chi connectivity index (χ3v) is 2.12. The predicted molar refractivity (Wildman–Crippen MR) is 56.8 cm³/mol. The van der Waals surface area contributed by atoms with E-state index in [-0.39, 0.29) is 5.56 Å². The van der Waals surface area contributed by atoms with Crippen LogP contribution in [0.2, 0.25) is 0 Å². The van der Waals surface area contributed by atoms with Crippen molar-refractivity contribution < 1.29 is 8.78 Å². The fraction of sp³-hybridized carbons (Fsp3) is 0.455. The Balaban J connectivity index is 2.36. The average molecular weight is 214 g/mol. The highest BCUT2D eigenvalue weighted by Gasteiger charge is 2.05. The maximum Gasteiger partial charge on any atom is 0.263 e. The molecule has 4 heteroatoms. The number of nitrogens with one attached hydrogen (secondary N) is 1. The zero-order chi connectivity index (χ0) is 11.1. The summed E-state index contributed by atoms with van der Waals surface area (Å²) in [6.07, 6.45) is -1.46. The number of hydrogen-bond acceptors (Lipinski definition) is 2. The summed E-state index contributed by atoms with van der Waals surface area (Å²) in [6, 6.07) is 6.36. The van der Waals surface area contributed by atoms with Gasteiger partial charge >= 0.3 is 0 Å². The van der Waals surface area contributed by atoms with E-state index >= 15 is 0 Å². The van der Waals surface area contributed by atoms with Crippen molar-refractivity contribution in [3.05, 3.63) is 35.4 Å². The first-order valence-corrected chi connectivity index (χ1v) is 5.02. The Morgan fingerprint density at radius 2 is 1.87 bits per heavy atom. The van der Waals surface area contributed by atoms with E-state index in [9.17, 15) is 8.78 Å². The molecule has 0 unspecified atom stereocenters. The third-order valence-electron chi connectivity index (χ3n) is 2.12. The lowest BCUT2D eigenvalue weighted by Crippen LogP contribution is -2.17. The lowest BCUT2D eigenvalue weighted by atomic mass is 10.1. The van der Waals surface area contributed by atoms with Crippen molar-refractivity contribution in [2.75, 3.05) is 13.1 Å². The van der Waals surface area contributed by atoms with Crippen LogP contribution in [0.5, 0.6) is 0 Å². The minimum atomic E-state index is -2.38. The molecule has 0 saturated heterocycles. The van der Waals surface area contributed by atoms with Gasteiger partial charge in [-0.05, 0) is 25.1 Å². The highest BCUT2D eigenvalue weighted by atomic mass is 19.3. The normalized spacial score (nSPS) is 10.9. The smallest absolute Gasteiger partial charge is 0.263 e. The highest BCUT2D eigenvalue weighted by molar-refractivity contribution is 5.23. The van der Waals surface area contributed by atoms with E-state index in [1.807, 2.05) is 0 Å². The van der Waals surface area contributed by atoms with E-state index < -0.39 is 6.43 Å². The van der Waals surface area contributed by atoms with Gasteiger partial charge in [0.1, 0.15) is 0 Å². The zero-order valence-electron chi connectivity index (χ0n) is 8.55. The second kappa shape index (κ2) is 6.48. The SMILES string of the molecule is NCCCNCc1ccc(C(F)F)cc1. The first-order valence-electron chi connectivity index (χ1n) is 5.02. The summed E-state index contributed by atoms with van der Waals surface area (Å²) in [5.41, 5.74) is 6.42. The first kappa shape index (κ1) is 12.1. The van der Waals surface area contributed by atoms with Crippen molar-refractivity contribution in [1.29, 1.82) is 0 Å². The Morgan fingerprint density at radius 3 is 2.40 bits per heavy atom. The first-order chi connectivity index (χ1) is 7.24. The summed E-state index contributed by atoms with van der Waals surface area (Å²) in [7, 11) is 0. The number of benzene rings is 1. The molecule has 3 N–H and O–H groups in total. The minimum Gasteiger partial charge on any atom is -0.330 e. The second-order valence-electron chi connectivity index (χ2n) is 3.36. The van der Waals surface area contributed by atoms with Gasteiger partial charge in [0.15, 0.2) is 0 Å². The second-order valence-corrected chi connectivity index (χ2v) is 3.36. The molecule has 15 heavy (non-hydrogen) atoms. The third kappa shape index (κ3) is 4.36. The Kier molecular flexibility index (Phi) is 5.21. The molecule has 0 atom stereocenters. The minimum absolute atomic E-state index is 0.0701. The van der Waals surface area contributed by atoms with Gasteiger partial charge in [-0.3, -0.25) is 0 Å². The van der Waals surface area contributed by atoms with Crippen molar-refractivity contribution >= 4 is 0 Å². The summed E-state index contributed by atoms with van der Waals surface area (Å²) in [4.78, 5) is 0. The van der Waals surface area contributed by atoms with Gasteiger partial charge < -0.3 is 11.1 Å². The summed E-state index contributed by atoms with van der Waals surface area (Å²) >= 11 is 0. The molecule has 0 spiro atoms. The topological polar surface area (TPSA) is 38.0 Å². The molecule has 1 rings (SSSR count). The van der Waals surface area contributed by atoms with Crippen molar-refractivity contribution in [2.45, 2.75) is 19.4 Å². The largest absolute Gasteiger partial charge is 0.330 e. The van der Waals surface area contributed by atoms with Gasteiger partial charge in [-0.15, -0.1) is 0 Å². The van der Waals surface area contributed by atoms with Crippen LogP contribution in [0.1, 0.15) is 24.0 Å². The number of rotatable bonds is 6. The zero-order valence-corrected chi connectivity index (χ0v) is 8.55. The van der Waals surface area contributed by atoms with Gasteiger partial charge in [0, 0.05) is 12.1 Å². The summed E-state index contributed by atoms with van der Waals surface area (Å²) in [5.74, 6) is 0. The van der Waals surface area contributed by atoms with Crippen LogP contribution in [0.15, 0.2) is 24.3 Å². The van der Waals surface area contributed by atoms with Gasteiger partial charge in [0.25, 0.3) is 6.43 Å².